The first kappa shape index (κ1) is 18.5. The van der Waals surface area contributed by atoms with Crippen molar-refractivity contribution in [3.8, 4) is 0 Å². The predicted molar refractivity (Wildman–Crippen MR) is 90.0 cm³/mol. The Kier molecular flexibility index (Phi) is 8.36. The van der Waals surface area contributed by atoms with E-state index in [0.717, 1.165) is 12.5 Å². The standard InChI is InChI=1S/C13H26N4O.HI/c1-5-14-11(18)13(3,4)9-16-12(15-6-2)17-10-7-8-10;/h10H,5-9H2,1-4H3,(H,14,18)(H2,15,16,17);1H. The zero-order valence-corrected chi connectivity index (χ0v) is 14.7. The van der Waals surface area contributed by atoms with Gasteiger partial charge in [0.15, 0.2) is 5.96 Å². The van der Waals surface area contributed by atoms with Crippen LogP contribution in [0.25, 0.3) is 0 Å². The molecule has 0 aliphatic heterocycles. The number of hydrogen-bond donors (Lipinski definition) is 3. The number of rotatable bonds is 6. The normalized spacial score (nSPS) is 15.5. The van der Waals surface area contributed by atoms with Gasteiger partial charge in [0.2, 0.25) is 5.91 Å². The molecule has 0 spiro atoms. The van der Waals surface area contributed by atoms with E-state index in [0.29, 0.717) is 19.1 Å². The first-order valence-electron chi connectivity index (χ1n) is 6.82. The zero-order chi connectivity index (χ0) is 13.6. The van der Waals surface area contributed by atoms with Gasteiger partial charge in [-0.05, 0) is 40.5 Å². The van der Waals surface area contributed by atoms with Crippen molar-refractivity contribution in [1.82, 2.24) is 16.0 Å². The van der Waals surface area contributed by atoms with E-state index in [1.165, 1.54) is 12.8 Å². The van der Waals surface area contributed by atoms with Crippen LogP contribution in [0.5, 0.6) is 0 Å². The molecule has 1 fully saturated rings. The van der Waals surface area contributed by atoms with Crippen LogP contribution in [0.15, 0.2) is 4.99 Å². The fourth-order valence-corrected chi connectivity index (χ4v) is 1.49. The van der Waals surface area contributed by atoms with Crippen molar-refractivity contribution in [1.29, 1.82) is 0 Å². The summed E-state index contributed by atoms with van der Waals surface area (Å²) in [5.41, 5.74) is -0.470. The van der Waals surface area contributed by atoms with Crippen molar-refractivity contribution in [2.24, 2.45) is 10.4 Å². The Labute approximate surface area is 133 Å². The Hall–Kier alpha value is -0.530. The maximum absolute atomic E-state index is 11.8. The molecule has 6 heteroatoms. The van der Waals surface area contributed by atoms with Crippen molar-refractivity contribution in [2.45, 2.75) is 46.6 Å². The molecule has 0 saturated heterocycles. The third kappa shape index (κ3) is 6.98. The van der Waals surface area contributed by atoms with Gasteiger partial charge in [0, 0.05) is 19.1 Å². The molecule has 0 radical (unpaired) electrons. The summed E-state index contributed by atoms with van der Waals surface area (Å²) in [4.78, 5) is 16.4. The second-order valence-corrected chi connectivity index (χ2v) is 5.36. The minimum atomic E-state index is -0.470. The predicted octanol–water partition coefficient (Wildman–Crippen LogP) is 1.48. The van der Waals surface area contributed by atoms with Gasteiger partial charge in [-0.3, -0.25) is 9.79 Å². The van der Waals surface area contributed by atoms with Crippen molar-refractivity contribution in [2.75, 3.05) is 19.6 Å². The number of carbonyl (C=O) groups is 1. The number of nitrogens with zero attached hydrogens (tertiary/aromatic N) is 1. The van der Waals surface area contributed by atoms with E-state index >= 15 is 0 Å². The van der Waals surface area contributed by atoms with E-state index in [2.05, 4.69) is 20.9 Å². The van der Waals surface area contributed by atoms with Crippen LogP contribution in [-0.4, -0.2) is 37.5 Å². The Morgan fingerprint density at radius 3 is 2.26 bits per heavy atom. The van der Waals surface area contributed by atoms with Gasteiger partial charge in [0.05, 0.1) is 12.0 Å². The van der Waals surface area contributed by atoms with Gasteiger partial charge in [-0.2, -0.15) is 0 Å². The molecular formula is C13H27IN4O. The molecule has 0 aromatic heterocycles. The van der Waals surface area contributed by atoms with Crippen molar-refractivity contribution >= 4 is 35.8 Å². The molecule has 1 amide bonds. The van der Waals surface area contributed by atoms with E-state index in [1.807, 2.05) is 27.7 Å². The third-order valence-corrected chi connectivity index (χ3v) is 2.85. The highest BCUT2D eigenvalue weighted by Crippen LogP contribution is 2.19. The molecule has 0 unspecified atom stereocenters. The summed E-state index contributed by atoms with van der Waals surface area (Å²) in [7, 11) is 0. The van der Waals surface area contributed by atoms with Crippen LogP contribution in [0.3, 0.4) is 0 Å². The van der Waals surface area contributed by atoms with Gasteiger partial charge in [0.1, 0.15) is 0 Å². The lowest BCUT2D eigenvalue weighted by molar-refractivity contribution is -0.128. The monoisotopic (exact) mass is 382 g/mol. The number of guanidine groups is 1. The van der Waals surface area contributed by atoms with Crippen LogP contribution in [0.1, 0.15) is 40.5 Å². The molecule has 1 aliphatic carbocycles. The zero-order valence-electron chi connectivity index (χ0n) is 12.4. The maximum atomic E-state index is 11.8. The molecule has 112 valence electrons. The topological polar surface area (TPSA) is 65.5 Å². The van der Waals surface area contributed by atoms with Crippen LogP contribution in [-0.2, 0) is 4.79 Å². The van der Waals surface area contributed by atoms with Crippen LogP contribution < -0.4 is 16.0 Å². The van der Waals surface area contributed by atoms with Crippen molar-refractivity contribution in [3.63, 3.8) is 0 Å². The van der Waals surface area contributed by atoms with Crippen LogP contribution in [0, 0.1) is 5.41 Å². The van der Waals surface area contributed by atoms with E-state index in [-0.39, 0.29) is 29.9 Å². The van der Waals surface area contributed by atoms with E-state index in [9.17, 15) is 4.79 Å². The first-order chi connectivity index (χ1) is 8.49. The molecule has 0 aromatic rings. The van der Waals surface area contributed by atoms with Crippen LogP contribution >= 0.6 is 24.0 Å². The van der Waals surface area contributed by atoms with E-state index < -0.39 is 5.41 Å². The number of amides is 1. The summed E-state index contributed by atoms with van der Waals surface area (Å²) in [6.07, 6.45) is 2.42. The largest absolute Gasteiger partial charge is 0.357 e. The number of carbonyl (C=O) groups excluding carboxylic acids is 1. The average Bonchev–Trinajstić information content (AvgIpc) is 3.10. The molecule has 1 aliphatic rings. The van der Waals surface area contributed by atoms with Gasteiger partial charge < -0.3 is 16.0 Å². The lowest BCUT2D eigenvalue weighted by Crippen LogP contribution is -2.42. The summed E-state index contributed by atoms with van der Waals surface area (Å²) >= 11 is 0. The Bertz CT molecular complexity index is 314. The van der Waals surface area contributed by atoms with E-state index in [4.69, 9.17) is 0 Å². The molecule has 0 atom stereocenters. The van der Waals surface area contributed by atoms with Gasteiger partial charge >= 0.3 is 0 Å². The number of nitrogens with one attached hydrogen (secondary N) is 3. The van der Waals surface area contributed by atoms with Gasteiger partial charge in [-0.15, -0.1) is 24.0 Å². The fraction of sp³-hybridized carbons (Fsp3) is 0.846. The van der Waals surface area contributed by atoms with Gasteiger partial charge in [0.25, 0.3) is 0 Å². The molecule has 0 aromatic carbocycles. The fourth-order valence-electron chi connectivity index (χ4n) is 1.49. The molecule has 1 rings (SSSR count). The minimum absolute atomic E-state index is 0. The van der Waals surface area contributed by atoms with Crippen molar-refractivity contribution in [3.05, 3.63) is 0 Å². The SMILES string of the molecule is CCNC(=O)C(C)(C)CN=C(NCC)NC1CC1.I. The average molecular weight is 382 g/mol. The smallest absolute Gasteiger partial charge is 0.227 e. The third-order valence-electron chi connectivity index (χ3n) is 2.85. The second-order valence-electron chi connectivity index (χ2n) is 5.36. The molecule has 3 N–H and O–H groups in total. The lowest BCUT2D eigenvalue weighted by atomic mass is 9.92. The molecule has 19 heavy (non-hydrogen) atoms. The molecule has 5 nitrogen and oxygen atoms in total. The molecule has 0 heterocycles. The highest BCUT2D eigenvalue weighted by molar-refractivity contribution is 14.0. The Morgan fingerprint density at radius 2 is 1.79 bits per heavy atom. The van der Waals surface area contributed by atoms with Crippen LogP contribution in [0.2, 0.25) is 0 Å². The summed E-state index contributed by atoms with van der Waals surface area (Å²) in [5, 5.41) is 9.39. The highest BCUT2D eigenvalue weighted by Gasteiger charge is 2.27. The second kappa shape index (κ2) is 8.60. The van der Waals surface area contributed by atoms with Gasteiger partial charge in [-0.25, -0.2) is 0 Å². The summed E-state index contributed by atoms with van der Waals surface area (Å²) < 4.78 is 0. The molecular weight excluding hydrogens is 355 g/mol. The first-order valence-corrected chi connectivity index (χ1v) is 6.82. The number of aliphatic imine (C=N–C) groups is 1. The van der Waals surface area contributed by atoms with Crippen LogP contribution in [0.4, 0.5) is 0 Å². The van der Waals surface area contributed by atoms with Crippen molar-refractivity contribution < 1.29 is 4.79 Å². The van der Waals surface area contributed by atoms with E-state index in [1.54, 1.807) is 0 Å². The summed E-state index contributed by atoms with van der Waals surface area (Å²) in [6.45, 7) is 9.78. The highest BCUT2D eigenvalue weighted by atomic mass is 127. The number of halogens is 1. The summed E-state index contributed by atoms with van der Waals surface area (Å²) in [5.74, 6) is 0.869. The Balaban J connectivity index is 0.00000324. The number of hydrogen-bond acceptors (Lipinski definition) is 2. The Morgan fingerprint density at radius 1 is 1.21 bits per heavy atom. The maximum Gasteiger partial charge on any atom is 0.227 e. The lowest BCUT2D eigenvalue weighted by Gasteiger charge is -2.22. The molecule has 1 saturated carbocycles. The van der Waals surface area contributed by atoms with Gasteiger partial charge in [-0.1, -0.05) is 0 Å². The summed E-state index contributed by atoms with van der Waals surface area (Å²) in [6, 6.07) is 0.565. The molecule has 0 bridgehead atoms. The quantitative estimate of drug-likeness (QED) is 0.371. The minimum Gasteiger partial charge on any atom is -0.357 e.